The summed E-state index contributed by atoms with van der Waals surface area (Å²) in [5.74, 6) is 0.841. The predicted molar refractivity (Wildman–Crippen MR) is 154 cm³/mol. The Bertz CT molecular complexity index is 951. The van der Waals surface area contributed by atoms with Gasteiger partial charge in [-0.25, -0.2) is 0 Å². The number of phenols is 2. The lowest BCUT2D eigenvalue weighted by Gasteiger charge is -2.31. The minimum Gasteiger partial charge on any atom is -0.508 e. The average molecular weight is 483 g/mol. The van der Waals surface area contributed by atoms with Gasteiger partial charge in [-0.1, -0.05) is 116 Å². The van der Waals surface area contributed by atoms with Crippen LogP contribution in [0.4, 0.5) is 0 Å². The first-order valence-corrected chi connectivity index (χ1v) is 13.0. The third-order valence-electron chi connectivity index (χ3n) is 6.60. The molecule has 198 valence electrons. The molecular formula is C33H54O2. The average Bonchev–Trinajstić information content (AvgIpc) is 2.59. The number of rotatable bonds is 0. The fourth-order valence-corrected chi connectivity index (χ4v) is 4.47. The summed E-state index contributed by atoms with van der Waals surface area (Å²) in [4.78, 5) is 0. The van der Waals surface area contributed by atoms with Gasteiger partial charge in [0, 0.05) is 0 Å². The van der Waals surface area contributed by atoms with E-state index < -0.39 is 0 Å². The number of hydrogen-bond donors (Lipinski definition) is 2. The summed E-state index contributed by atoms with van der Waals surface area (Å²) in [6.45, 7) is 34.8. The van der Waals surface area contributed by atoms with Crippen molar-refractivity contribution in [3.05, 3.63) is 57.6 Å². The molecule has 0 unspecified atom stereocenters. The summed E-state index contributed by atoms with van der Waals surface area (Å²) in [5, 5.41) is 20.5. The molecule has 2 aromatic rings. The van der Waals surface area contributed by atoms with Gasteiger partial charge in [-0.2, -0.15) is 0 Å². The molecule has 0 aliphatic rings. The molecule has 0 saturated carbocycles. The van der Waals surface area contributed by atoms with Gasteiger partial charge in [0.2, 0.25) is 0 Å². The van der Waals surface area contributed by atoms with E-state index in [4.69, 9.17) is 0 Å². The Morgan fingerprint density at radius 2 is 0.714 bits per heavy atom. The lowest BCUT2D eigenvalue weighted by molar-refractivity contribution is 0.420. The number of benzene rings is 2. The highest BCUT2D eigenvalue weighted by Gasteiger charge is 2.29. The Hall–Kier alpha value is -1.96. The first kappa shape index (κ1) is 31.1. The van der Waals surface area contributed by atoms with Crippen LogP contribution in [0.5, 0.6) is 11.5 Å². The summed E-state index contributed by atoms with van der Waals surface area (Å²) in [5.41, 5.74) is 7.29. The van der Waals surface area contributed by atoms with Crippen molar-refractivity contribution >= 4 is 0 Å². The first-order valence-electron chi connectivity index (χ1n) is 13.0. The summed E-state index contributed by atoms with van der Waals surface area (Å²) in [7, 11) is 0. The molecule has 0 aromatic heterocycles. The molecule has 35 heavy (non-hydrogen) atoms. The molecule has 2 aromatic carbocycles. The molecular weight excluding hydrogens is 428 g/mol. The second kappa shape index (κ2) is 9.83. The smallest absolute Gasteiger partial charge is 0.123 e. The second-order valence-electron chi connectivity index (χ2n) is 15.3. The van der Waals surface area contributed by atoms with Gasteiger partial charge in [0.15, 0.2) is 0 Å². The number of aromatic hydroxyl groups is 2. The van der Waals surface area contributed by atoms with Crippen LogP contribution in [0.2, 0.25) is 0 Å². The molecule has 2 heteroatoms. The van der Waals surface area contributed by atoms with Crippen LogP contribution in [0.3, 0.4) is 0 Å². The molecule has 0 radical (unpaired) electrons. The number of phenolic OH excluding ortho intramolecular Hbond substituents is 2. The third-order valence-corrected chi connectivity index (χ3v) is 6.60. The Morgan fingerprint density at radius 1 is 0.429 bits per heavy atom. The van der Waals surface area contributed by atoms with Gasteiger partial charge in [0.25, 0.3) is 0 Å². The molecule has 0 spiro atoms. The molecule has 2 N–H and O–H groups in total. The molecule has 0 heterocycles. The van der Waals surface area contributed by atoms with Crippen LogP contribution in [0.1, 0.15) is 137 Å². The normalized spacial score (nSPS) is 13.4. The molecule has 2 nitrogen and oxygen atoms in total. The van der Waals surface area contributed by atoms with Gasteiger partial charge >= 0.3 is 0 Å². The maximum Gasteiger partial charge on any atom is 0.123 e. The van der Waals surface area contributed by atoms with E-state index in [2.05, 4.69) is 123 Å². The van der Waals surface area contributed by atoms with Crippen molar-refractivity contribution in [2.45, 2.75) is 138 Å². The molecule has 0 bridgehead atoms. The maximum absolute atomic E-state index is 10.7. The van der Waals surface area contributed by atoms with E-state index in [-0.39, 0.29) is 27.1 Å². The maximum atomic E-state index is 10.7. The molecule has 0 aliphatic heterocycles. The lowest BCUT2D eigenvalue weighted by Crippen LogP contribution is -2.21. The van der Waals surface area contributed by atoms with Gasteiger partial charge in [0.1, 0.15) is 11.5 Å². The van der Waals surface area contributed by atoms with Crippen molar-refractivity contribution in [2.24, 2.45) is 0 Å². The minimum atomic E-state index is -0.0503. The van der Waals surface area contributed by atoms with Crippen molar-refractivity contribution in [1.82, 2.24) is 0 Å². The summed E-state index contributed by atoms with van der Waals surface area (Å²) in [6.07, 6.45) is 0. The van der Waals surface area contributed by atoms with Gasteiger partial charge in [0.05, 0.1) is 0 Å². The fourth-order valence-electron chi connectivity index (χ4n) is 4.47. The van der Waals surface area contributed by atoms with E-state index in [1.807, 2.05) is 12.1 Å². The second-order valence-corrected chi connectivity index (χ2v) is 15.3. The Labute approximate surface area is 217 Å². The summed E-state index contributed by atoms with van der Waals surface area (Å²) in [6, 6.07) is 8.13. The van der Waals surface area contributed by atoms with Crippen LogP contribution in [-0.2, 0) is 27.1 Å². The monoisotopic (exact) mass is 482 g/mol. The highest BCUT2D eigenvalue weighted by Crippen LogP contribution is 2.42. The zero-order valence-corrected chi connectivity index (χ0v) is 25.7. The van der Waals surface area contributed by atoms with E-state index in [1.165, 1.54) is 22.3 Å². The zero-order valence-electron chi connectivity index (χ0n) is 25.7. The minimum absolute atomic E-state index is 0.0503. The van der Waals surface area contributed by atoms with E-state index in [0.29, 0.717) is 11.5 Å². The van der Waals surface area contributed by atoms with Gasteiger partial charge < -0.3 is 10.2 Å². The van der Waals surface area contributed by atoms with Crippen molar-refractivity contribution < 1.29 is 10.2 Å². The fraction of sp³-hybridized carbons (Fsp3) is 0.636. The van der Waals surface area contributed by atoms with Gasteiger partial charge in [-0.3, -0.25) is 0 Å². The molecule has 0 aliphatic carbocycles. The van der Waals surface area contributed by atoms with Gasteiger partial charge in [-0.05, 0) is 79.5 Å². The Kier molecular flexibility index (Phi) is 8.73. The van der Waals surface area contributed by atoms with Crippen LogP contribution in [-0.4, -0.2) is 10.2 Å². The van der Waals surface area contributed by atoms with E-state index >= 15 is 0 Å². The Morgan fingerprint density at radius 3 is 0.943 bits per heavy atom. The van der Waals surface area contributed by atoms with Crippen LogP contribution in [0, 0.1) is 6.92 Å². The molecule has 2 rings (SSSR count). The topological polar surface area (TPSA) is 40.5 Å². The van der Waals surface area contributed by atoms with Crippen LogP contribution >= 0.6 is 0 Å². The largest absolute Gasteiger partial charge is 0.508 e. The van der Waals surface area contributed by atoms with Crippen LogP contribution in [0.15, 0.2) is 24.3 Å². The molecule has 0 amide bonds. The third kappa shape index (κ3) is 8.02. The highest BCUT2D eigenvalue weighted by atomic mass is 16.3. The SMILES string of the molecule is CC(C)(C)c1cc(C(C)(C)C)c(O)c(C(C)(C)C)c1.Cc1c(C(C)(C)C)cc(O)cc1C(C)(C)C. The molecule has 0 atom stereocenters. The standard InChI is InChI=1S/C18H30O.C15H24O/c1-16(2,3)12-10-13(17(4,5)6)15(19)14(11-12)18(7,8)9;1-10-12(14(2,3)4)8-11(16)9-13(10)15(5,6)7/h10-11,19H,1-9H3;8-9,16H,1-7H3. The summed E-state index contributed by atoms with van der Waals surface area (Å²) >= 11 is 0. The molecule has 0 fully saturated rings. The Balaban J connectivity index is 0.000000355. The summed E-state index contributed by atoms with van der Waals surface area (Å²) < 4.78 is 0. The van der Waals surface area contributed by atoms with E-state index in [1.54, 1.807) is 0 Å². The zero-order chi connectivity index (χ0) is 27.9. The van der Waals surface area contributed by atoms with Gasteiger partial charge in [-0.15, -0.1) is 0 Å². The predicted octanol–water partition coefficient (Wildman–Crippen LogP) is 9.58. The van der Waals surface area contributed by atoms with Crippen LogP contribution < -0.4 is 0 Å². The quantitative estimate of drug-likeness (QED) is 0.392. The lowest BCUT2D eigenvalue weighted by atomic mass is 9.75. The molecule has 0 saturated heterocycles. The number of hydrogen-bond acceptors (Lipinski definition) is 2. The van der Waals surface area contributed by atoms with E-state index in [0.717, 1.165) is 11.1 Å². The van der Waals surface area contributed by atoms with Crippen molar-refractivity contribution in [1.29, 1.82) is 0 Å². The highest BCUT2D eigenvalue weighted by molar-refractivity contribution is 5.51. The van der Waals surface area contributed by atoms with Crippen molar-refractivity contribution in [3.63, 3.8) is 0 Å². The van der Waals surface area contributed by atoms with E-state index in [9.17, 15) is 10.2 Å². The van der Waals surface area contributed by atoms with Crippen molar-refractivity contribution in [3.8, 4) is 11.5 Å². The van der Waals surface area contributed by atoms with Crippen molar-refractivity contribution in [2.75, 3.05) is 0 Å². The van der Waals surface area contributed by atoms with Crippen LogP contribution in [0.25, 0.3) is 0 Å². The first-order chi connectivity index (χ1) is 15.3.